The highest BCUT2D eigenvalue weighted by Crippen LogP contribution is 2.36. The van der Waals surface area contributed by atoms with Gasteiger partial charge in [0.05, 0.1) is 10.6 Å². The average molecular weight is 461 g/mol. The maximum atomic E-state index is 13.0. The molecule has 0 unspecified atom stereocenters. The minimum atomic E-state index is -3.77. The molecule has 0 aliphatic heterocycles. The highest BCUT2D eigenvalue weighted by Gasteiger charge is 2.21. The zero-order chi connectivity index (χ0) is 24.0. The minimum Gasteiger partial charge on any atom is -0.352 e. The number of aromatic amines is 1. The van der Waals surface area contributed by atoms with E-state index >= 15 is 0 Å². The van der Waals surface area contributed by atoms with Gasteiger partial charge in [0.1, 0.15) is 0 Å². The fourth-order valence-electron chi connectivity index (χ4n) is 4.00. The van der Waals surface area contributed by atoms with Crippen LogP contribution in [0.2, 0.25) is 0 Å². The normalized spacial score (nSPS) is 12.2. The van der Waals surface area contributed by atoms with Crippen molar-refractivity contribution in [1.82, 2.24) is 4.98 Å². The topological polar surface area (TPSA) is 79.0 Å². The van der Waals surface area contributed by atoms with Crippen LogP contribution in [0.4, 0.5) is 5.69 Å². The first-order valence-corrected chi connectivity index (χ1v) is 12.3. The van der Waals surface area contributed by atoms with Crippen LogP contribution in [0, 0.1) is 6.92 Å². The van der Waals surface area contributed by atoms with Crippen LogP contribution in [0.25, 0.3) is 22.0 Å². The Kier molecular flexibility index (Phi) is 5.66. The number of sulfonamides is 1. The van der Waals surface area contributed by atoms with Crippen molar-refractivity contribution in [3.8, 4) is 11.1 Å². The van der Waals surface area contributed by atoms with E-state index in [-0.39, 0.29) is 16.1 Å². The summed E-state index contributed by atoms with van der Waals surface area (Å²) in [5, 5.41) is 0.790. The lowest BCUT2D eigenvalue weighted by atomic mass is 9.87. The van der Waals surface area contributed by atoms with Crippen molar-refractivity contribution in [2.45, 2.75) is 44.9 Å². The molecule has 0 spiro atoms. The van der Waals surface area contributed by atoms with Crippen molar-refractivity contribution < 1.29 is 13.2 Å². The van der Waals surface area contributed by atoms with Crippen molar-refractivity contribution >= 4 is 32.4 Å². The predicted octanol–water partition coefficient (Wildman–Crippen LogP) is 6.44. The largest absolute Gasteiger partial charge is 0.352 e. The summed E-state index contributed by atoms with van der Waals surface area (Å²) in [5.74, 6) is -0.0782. The maximum Gasteiger partial charge on any atom is 0.261 e. The average Bonchev–Trinajstić information content (AvgIpc) is 3.12. The first-order valence-electron chi connectivity index (χ1n) is 10.8. The number of fused-ring (bicyclic) bond motifs is 1. The summed E-state index contributed by atoms with van der Waals surface area (Å²) in [5.41, 5.74) is 5.48. The van der Waals surface area contributed by atoms with E-state index in [4.69, 9.17) is 0 Å². The smallest absolute Gasteiger partial charge is 0.261 e. The van der Waals surface area contributed by atoms with Gasteiger partial charge in [-0.1, -0.05) is 57.2 Å². The van der Waals surface area contributed by atoms with Gasteiger partial charge in [-0.2, -0.15) is 0 Å². The second-order valence-corrected chi connectivity index (χ2v) is 11.1. The van der Waals surface area contributed by atoms with Gasteiger partial charge in [-0.3, -0.25) is 9.52 Å². The Hall–Kier alpha value is -3.38. The fraction of sp³-hybridized carbons (Fsp3) is 0.222. The molecule has 0 atom stereocenters. The number of rotatable bonds is 5. The molecular formula is C27H28N2O3S. The summed E-state index contributed by atoms with van der Waals surface area (Å²) in [6.07, 6.45) is 0. The molecule has 5 nitrogen and oxygen atoms in total. The Morgan fingerprint density at radius 3 is 2.21 bits per heavy atom. The van der Waals surface area contributed by atoms with Crippen LogP contribution in [0.1, 0.15) is 49.3 Å². The van der Waals surface area contributed by atoms with E-state index < -0.39 is 10.0 Å². The number of anilines is 1. The summed E-state index contributed by atoms with van der Waals surface area (Å²) in [6.45, 7) is 9.77. The molecule has 3 aromatic carbocycles. The van der Waals surface area contributed by atoms with Gasteiger partial charge in [0.2, 0.25) is 0 Å². The van der Waals surface area contributed by atoms with Crippen molar-refractivity contribution in [2.24, 2.45) is 0 Å². The number of ketones is 1. The summed E-state index contributed by atoms with van der Waals surface area (Å²) in [7, 11) is -3.77. The molecule has 2 N–H and O–H groups in total. The number of hydrogen-bond acceptors (Lipinski definition) is 3. The number of carbonyl (C=O) groups is 1. The third-order valence-corrected chi connectivity index (χ3v) is 7.25. The van der Waals surface area contributed by atoms with E-state index in [2.05, 4.69) is 30.5 Å². The summed E-state index contributed by atoms with van der Waals surface area (Å²) < 4.78 is 28.8. The van der Waals surface area contributed by atoms with Crippen molar-refractivity contribution in [2.75, 3.05) is 4.72 Å². The summed E-state index contributed by atoms with van der Waals surface area (Å²) >= 11 is 0. The summed E-state index contributed by atoms with van der Waals surface area (Å²) in [6, 6.07) is 20.1. The molecule has 0 saturated carbocycles. The molecule has 0 fully saturated rings. The molecule has 170 valence electrons. The lowest BCUT2D eigenvalue weighted by Crippen LogP contribution is -2.14. The second-order valence-electron chi connectivity index (χ2n) is 9.39. The molecule has 0 aliphatic carbocycles. The first kappa shape index (κ1) is 22.8. The Balaban J connectivity index is 1.77. The predicted molar refractivity (Wildman–Crippen MR) is 134 cm³/mol. The SMILES string of the molecule is CC(=O)c1[nH]c2ccc(NS(=O)(=O)c3ccc(C(C)(C)C)cc3)cc2c1-c1ccccc1C. The maximum absolute atomic E-state index is 13.0. The molecule has 1 heterocycles. The third-order valence-electron chi connectivity index (χ3n) is 5.85. The van der Waals surface area contributed by atoms with E-state index in [1.165, 1.54) is 6.92 Å². The molecule has 0 radical (unpaired) electrons. The standard InChI is InChI=1S/C27H28N2O3S/c1-17-8-6-7-9-22(17)25-23-16-20(12-15-24(23)28-26(25)18(2)30)29-33(31,32)21-13-10-19(11-14-21)27(3,4)5/h6-16,28-29H,1-5H3. The molecular weight excluding hydrogens is 432 g/mol. The zero-order valence-electron chi connectivity index (χ0n) is 19.5. The van der Waals surface area contributed by atoms with Crippen LogP contribution in [0.5, 0.6) is 0 Å². The van der Waals surface area contributed by atoms with Gasteiger partial charge in [0.25, 0.3) is 10.0 Å². The van der Waals surface area contributed by atoms with E-state index in [0.717, 1.165) is 33.2 Å². The Bertz CT molecular complexity index is 1460. The van der Waals surface area contributed by atoms with Crippen molar-refractivity contribution in [3.63, 3.8) is 0 Å². The fourth-order valence-corrected chi connectivity index (χ4v) is 5.05. The second kappa shape index (κ2) is 8.19. The molecule has 4 rings (SSSR count). The Morgan fingerprint density at radius 1 is 0.939 bits per heavy atom. The van der Waals surface area contributed by atoms with Gasteiger partial charge in [0.15, 0.2) is 5.78 Å². The lowest BCUT2D eigenvalue weighted by Gasteiger charge is -2.19. The molecule has 4 aromatic rings. The van der Waals surface area contributed by atoms with Gasteiger partial charge >= 0.3 is 0 Å². The van der Waals surface area contributed by atoms with E-state index in [1.54, 1.807) is 30.3 Å². The minimum absolute atomic E-state index is 0.0601. The molecule has 0 aliphatic rings. The van der Waals surface area contributed by atoms with E-state index in [9.17, 15) is 13.2 Å². The zero-order valence-corrected chi connectivity index (χ0v) is 20.3. The third kappa shape index (κ3) is 4.44. The van der Waals surface area contributed by atoms with Gasteiger partial charge < -0.3 is 4.98 Å². The quantitative estimate of drug-likeness (QED) is 0.336. The van der Waals surface area contributed by atoms with Crippen molar-refractivity contribution in [1.29, 1.82) is 0 Å². The van der Waals surface area contributed by atoms with Gasteiger partial charge in [-0.15, -0.1) is 0 Å². The molecule has 0 amide bonds. The van der Waals surface area contributed by atoms with Gasteiger partial charge in [-0.25, -0.2) is 8.42 Å². The molecule has 6 heteroatoms. The number of aryl methyl sites for hydroxylation is 1. The van der Waals surface area contributed by atoms with Crippen LogP contribution in [-0.4, -0.2) is 19.2 Å². The monoisotopic (exact) mass is 460 g/mol. The van der Waals surface area contributed by atoms with E-state index in [1.807, 2.05) is 43.3 Å². The first-order chi connectivity index (χ1) is 15.5. The number of Topliss-reactive ketones (excluding diaryl/α,β-unsaturated/α-hetero) is 1. The van der Waals surface area contributed by atoms with Gasteiger partial charge in [0, 0.05) is 29.1 Å². The van der Waals surface area contributed by atoms with Crippen molar-refractivity contribution in [3.05, 3.63) is 83.6 Å². The highest BCUT2D eigenvalue weighted by atomic mass is 32.2. The van der Waals surface area contributed by atoms with Crippen LogP contribution in [0.15, 0.2) is 71.6 Å². The number of benzene rings is 3. The number of H-pyrrole nitrogens is 1. The van der Waals surface area contributed by atoms with Gasteiger partial charge in [-0.05, 0) is 59.4 Å². The van der Waals surface area contributed by atoms with E-state index in [0.29, 0.717) is 11.4 Å². The number of aromatic nitrogens is 1. The molecule has 0 saturated heterocycles. The van der Waals surface area contributed by atoms with Crippen LogP contribution in [0.3, 0.4) is 0 Å². The lowest BCUT2D eigenvalue weighted by molar-refractivity contribution is 0.101. The van der Waals surface area contributed by atoms with Crippen LogP contribution in [-0.2, 0) is 15.4 Å². The molecule has 33 heavy (non-hydrogen) atoms. The van der Waals surface area contributed by atoms with Crippen LogP contribution >= 0.6 is 0 Å². The van der Waals surface area contributed by atoms with Crippen LogP contribution < -0.4 is 4.72 Å². The number of hydrogen-bond donors (Lipinski definition) is 2. The number of carbonyl (C=O) groups excluding carboxylic acids is 1. The number of nitrogens with one attached hydrogen (secondary N) is 2. The Labute approximate surface area is 194 Å². The summed E-state index contributed by atoms with van der Waals surface area (Å²) in [4.78, 5) is 15.8. The molecule has 1 aromatic heterocycles. The molecule has 0 bridgehead atoms. The highest BCUT2D eigenvalue weighted by molar-refractivity contribution is 7.92. The Morgan fingerprint density at radius 2 is 1.61 bits per heavy atom.